The molecule has 0 bridgehead atoms. The first-order valence-corrected chi connectivity index (χ1v) is 6.77. The molecule has 102 valence electrons. The summed E-state index contributed by atoms with van der Waals surface area (Å²) < 4.78 is 5.48. The molecule has 1 aromatic carbocycles. The molecule has 0 amide bonds. The van der Waals surface area contributed by atoms with Crippen molar-refractivity contribution in [2.24, 2.45) is 0 Å². The van der Waals surface area contributed by atoms with Gasteiger partial charge >= 0.3 is 0 Å². The maximum Gasteiger partial charge on any atom is 0.111 e. The summed E-state index contributed by atoms with van der Waals surface area (Å²) in [6.45, 7) is 4.68. The van der Waals surface area contributed by atoms with Crippen LogP contribution < -0.4 is 0 Å². The van der Waals surface area contributed by atoms with E-state index in [4.69, 9.17) is 16.3 Å². The van der Waals surface area contributed by atoms with Gasteiger partial charge in [-0.05, 0) is 43.2 Å². The van der Waals surface area contributed by atoms with Crippen LogP contribution in [0.25, 0.3) is 10.9 Å². The van der Waals surface area contributed by atoms with Gasteiger partial charge in [-0.1, -0.05) is 18.5 Å². The fourth-order valence-electron chi connectivity index (χ4n) is 2.08. The van der Waals surface area contributed by atoms with Crippen LogP contribution in [-0.2, 0) is 10.3 Å². The van der Waals surface area contributed by atoms with Gasteiger partial charge in [0.05, 0.1) is 12.1 Å². The Kier molecular flexibility index (Phi) is 4.40. The highest BCUT2D eigenvalue weighted by atomic mass is 35.5. The van der Waals surface area contributed by atoms with Crippen molar-refractivity contribution in [1.29, 1.82) is 0 Å². The topological polar surface area (TPSA) is 42.4 Å². The Labute approximate surface area is 118 Å². The number of hydrogen-bond donors (Lipinski definition) is 1. The van der Waals surface area contributed by atoms with E-state index in [1.807, 2.05) is 25.1 Å². The number of ether oxygens (including phenoxy) is 1. The molecule has 0 fully saturated rings. The van der Waals surface area contributed by atoms with E-state index >= 15 is 0 Å². The molecule has 0 saturated heterocycles. The second-order valence-electron chi connectivity index (χ2n) is 4.85. The molecule has 1 heterocycles. The highest BCUT2D eigenvalue weighted by Crippen LogP contribution is 2.29. The second kappa shape index (κ2) is 5.87. The van der Waals surface area contributed by atoms with Crippen molar-refractivity contribution < 1.29 is 9.84 Å². The number of rotatable bonds is 5. The molecule has 4 heteroatoms. The highest BCUT2D eigenvalue weighted by molar-refractivity contribution is 6.31. The maximum absolute atomic E-state index is 10.6. The molecule has 2 aromatic rings. The van der Waals surface area contributed by atoms with Crippen LogP contribution in [0, 0.1) is 0 Å². The van der Waals surface area contributed by atoms with Crippen molar-refractivity contribution in [2.45, 2.75) is 25.9 Å². The first-order chi connectivity index (χ1) is 9.04. The minimum atomic E-state index is -1.05. The summed E-state index contributed by atoms with van der Waals surface area (Å²) >= 11 is 6.03. The Balaban J connectivity index is 2.40. The second-order valence-corrected chi connectivity index (χ2v) is 5.28. The monoisotopic (exact) mass is 279 g/mol. The normalized spacial score (nSPS) is 14.5. The standard InChI is InChI=1S/C15H18ClNO2/c1-3-8-19-10-15(2,18)13-6-7-17-14-5-4-11(16)9-12(13)14/h4-7,9,18H,3,8,10H2,1-2H3. The number of aliphatic hydroxyl groups is 1. The lowest BCUT2D eigenvalue weighted by molar-refractivity contribution is -0.0365. The average Bonchev–Trinajstić information content (AvgIpc) is 2.38. The molecular formula is C15H18ClNO2. The van der Waals surface area contributed by atoms with Gasteiger partial charge in [0.2, 0.25) is 0 Å². The Morgan fingerprint density at radius 3 is 2.89 bits per heavy atom. The van der Waals surface area contributed by atoms with Crippen LogP contribution in [0.3, 0.4) is 0 Å². The molecule has 0 aliphatic carbocycles. The number of nitrogens with zero attached hydrogens (tertiary/aromatic N) is 1. The van der Waals surface area contributed by atoms with Gasteiger partial charge in [0, 0.05) is 23.2 Å². The molecule has 2 rings (SSSR count). The minimum Gasteiger partial charge on any atom is -0.383 e. The first-order valence-electron chi connectivity index (χ1n) is 6.39. The molecule has 0 spiro atoms. The molecule has 1 aromatic heterocycles. The van der Waals surface area contributed by atoms with Crippen molar-refractivity contribution in [3.63, 3.8) is 0 Å². The predicted octanol–water partition coefficient (Wildman–Crippen LogP) is 3.52. The van der Waals surface area contributed by atoms with Gasteiger partial charge < -0.3 is 9.84 Å². The van der Waals surface area contributed by atoms with Crippen LogP contribution in [0.1, 0.15) is 25.8 Å². The molecule has 0 saturated carbocycles. The molecule has 1 unspecified atom stereocenters. The number of fused-ring (bicyclic) bond motifs is 1. The van der Waals surface area contributed by atoms with Gasteiger partial charge in [-0.3, -0.25) is 4.98 Å². The van der Waals surface area contributed by atoms with Crippen LogP contribution in [0.4, 0.5) is 0 Å². The number of hydrogen-bond acceptors (Lipinski definition) is 3. The van der Waals surface area contributed by atoms with E-state index in [1.165, 1.54) is 0 Å². The molecule has 19 heavy (non-hydrogen) atoms. The Bertz CT molecular complexity index is 569. The number of aromatic nitrogens is 1. The minimum absolute atomic E-state index is 0.256. The first kappa shape index (κ1) is 14.3. The summed E-state index contributed by atoms with van der Waals surface area (Å²) in [5.41, 5.74) is 0.551. The van der Waals surface area contributed by atoms with Gasteiger partial charge in [-0.2, -0.15) is 0 Å². The van der Waals surface area contributed by atoms with Crippen molar-refractivity contribution in [1.82, 2.24) is 4.98 Å². The lowest BCUT2D eigenvalue weighted by atomic mass is 9.93. The van der Waals surface area contributed by atoms with Crippen LogP contribution in [0.5, 0.6) is 0 Å². The summed E-state index contributed by atoms with van der Waals surface area (Å²) in [7, 11) is 0. The van der Waals surface area contributed by atoms with E-state index in [9.17, 15) is 5.11 Å². The van der Waals surface area contributed by atoms with Gasteiger partial charge in [-0.25, -0.2) is 0 Å². The van der Waals surface area contributed by atoms with Crippen LogP contribution in [0.15, 0.2) is 30.5 Å². The Morgan fingerprint density at radius 1 is 1.37 bits per heavy atom. The summed E-state index contributed by atoms with van der Waals surface area (Å²) in [5, 5.41) is 12.1. The Hall–Kier alpha value is -1.16. The largest absolute Gasteiger partial charge is 0.383 e. The molecule has 0 radical (unpaired) electrons. The van der Waals surface area contributed by atoms with Crippen molar-refractivity contribution in [3.05, 3.63) is 41.0 Å². The van der Waals surface area contributed by atoms with Crippen LogP contribution in [-0.4, -0.2) is 23.3 Å². The van der Waals surface area contributed by atoms with E-state index < -0.39 is 5.60 Å². The maximum atomic E-state index is 10.6. The lowest BCUT2D eigenvalue weighted by Gasteiger charge is -2.25. The third-order valence-electron chi connectivity index (χ3n) is 3.02. The third-order valence-corrected chi connectivity index (χ3v) is 3.25. The van der Waals surface area contributed by atoms with Crippen LogP contribution in [0.2, 0.25) is 5.02 Å². The highest BCUT2D eigenvalue weighted by Gasteiger charge is 2.25. The number of benzene rings is 1. The van der Waals surface area contributed by atoms with E-state index in [0.717, 1.165) is 22.9 Å². The smallest absolute Gasteiger partial charge is 0.111 e. The molecule has 1 atom stereocenters. The SMILES string of the molecule is CCCOCC(C)(O)c1ccnc2ccc(Cl)cc12. The zero-order valence-electron chi connectivity index (χ0n) is 11.2. The third kappa shape index (κ3) is 3.24. The summed E-state index contributed by atoms with van der Waals surface area (Å²) in [4.78, 5) is 4.28. The van der Waals surface area contributed by atoms with Crippen LogP contribution >= 0.6 is 11.6 Å². The van der Waals surface area contributed by atoms with E-state index in [2.05, 4.69) is 4.98 Å². The summed E-state index contributed by atoms with van der Waals surface area (Å²) in [6.07, 6.45) is 2.62. The summed E-state index contributed by atoms with van der Waals surface area (Å²) in [6, 6.07) is 7.29. The number of pyridine rings is 1. The van der Waals surface area contributed by atoms with E-state index in [0.29, 0.717) is 11.6 Å². The van der Waals surface area contributed by atoms with E-state index in [1.54, 1.807) is 19.2 Å². The fourth-order valence-corrected chi connectivity index (χ4v) is 2.25. The van der Waals surface area contributed by atoms with E-state index in [-0.39, 0.29) is 6.61 Å². The molecule has 0 aliphatic rings. The lowest BCUT2D eigenvalue weighted by Crippen LogP contribution is -2.28. The van der Waals surface area contributed by atoms with Gasteiger partial charge in [-0.15, -0.1) is 0 Å². The zero-order chi connectivity index (χ0) is 13.9. The van der Waals surface area contributed by atoms with Gasteiger partial charge in [0.25, 0.3) is 0 Å². The van der Waals surface area contributed by atoms with Gasteiger partial charge in [0.1, 0.15) is 5.60 Å². The summed E-state index contributed by atoms with van der Waals surface area (Å²) in [5.74, 6) is 0. The Morgan fingerprint density at radius 2 is 2.16 bits per heavy atom. The molecule has 3 nitrogen and oxygen atoms in total. The average molecular weight is 280 g/mol. The van der Waals surface area contributed by atoms with Crippen molar-refractivity contribution in [3.8, 4) is 0 Å². The fraction of sp³-hybridized carbons (Fsp3) is 0.400. The quantitative estimate of drug-likeness (QED) is 0.852. The predicted molar refractivity (Wildman–Crippen MR) is 77.4 cm³/mol. The number of halogens is 1. The van der Waals surface area contributed by atoms with Gasteiger partial charge in [0.15, 0.2) is 0 Å². The van der Waals surface area contributed by atoms with Crippen molar-refractivity contribution in [2.75, 3.05) is 13.2 Å². The van der Waals surface area contributed by atoms with Crippen molar-refractivity contribution >= 4 is 22.5 Å². The zero-order valence-corrected chi connectivity index (χ0v) is 11.9. The molecular weight excluding hydrogens is 262 g/mol. The molecule has 0 aliphatic heterocycles. The molecule has 1 N–H and O–H groups in total.